The molecule has 0 spiro atoms. The van der Waals surface area contributed by atoms with E-state index in [1.165, 1.54) is 12.1 Å². The molecule has 3 amide bonds. The highest BCUT2D eigenvalue weighted by Gasteiger charge is 2.53. The van der Waals surface area contributed by atoms with E-state index >= 15 is 0 Å². The molecule has 0 radical (unpaired) electrons. The molecule has 5 unspecified atom stereocenters. The van der Waals surface area contributed by atoms with Gasteiger partial charge in [-0.3, -0.25) is 9.48 Å². The highest BCUT2D eigenvalue weighted by atomic mass is 19.1. The highest BCUT2D eigenvalue weighted by molar-refractivity contribution is 5.84. The number of likely N-dealkylation sites (N-methyl/N-ethyl adjacent to an activating group) is 1. The number of rotatable bonds is 10. The van der Waals surface area contributed by atoms with Crippen LogP contribution in [-0.4, -0.2) is 99.4 Å². The summed E-state index contributed by atoms with van der Waals surface area (Å²) in [4.78, 5) is 43.0. The van der Waals surface area contributed by atoms with Crippen LogP contribution in [0.3, 0.4) is 0 Å². The fourth-order valence-electron chi connectivity index (χ4n) is 6.00. The fraction of sp³-hybridized carbons (Fsp3) is 0.633. The van der Waals surface area contributed by atoms with Gasteiger partial charge in [0, 0.05) is 43.7 Å². The van der Waals surface area contributed by atoms with Crippen LogP contribution in [-0.2, 0) is 16.1 Å². The summed E-state index contributed by atoms with van der Waals surface area (Å²) in [5.41, 5.74) is 0.142. The first-order chi connectivity index (χ1) is 19.8. The molecule has 2 aliphatic heterocycles. The van der Waals surface area contributed by atoms with Gasteiger partial charge in [0.05, 0.1) is 29.9 Å². The standard InChI is InChI=1S/C30H45FN8O3/c1-19(2)34-28(42)39-15-21(14-37-16-23(35-36-37)20-8-10-22(31)11-9-20)25-24(39)12-13-38(25)27(41)26(29(3,4)5)33-17-30(6,18-40)32-7/h8-11,16,18-19,21,24-26,32-33H,12-15,17H2,1-7H3,(H,34,42). The number of likely N-dealkylation sites (tertiary alicyclic amines) is 2. The van der Waals surface area contributed by atoms with Crippen molar-refractivity contribution in [2.24, 2.45) is 11.3 Å². The number of fused-ring (bicyclic) bond motifs is 1. The molecular weight excluding hydrogens is 539 g/mol. The number of aromatic nitrogens is 3. The van der Waals surface area contributed by atoms with Gasteiger partial charge in [0.1, 0.15) is 17.8 Å². The Hall–Kier alpha value is -3.38. The van der Waals surface area contributed by atoms with Crippen molar-refractivity contribution < 1.29 is 18.8 Å². The minimum atomic E-state index is -0.811. The number of hydrogen-bond donors (Lipinski definition) is 3. The quantitative estimate of drug-likeness (QED) is 0.366. The van der Waals surface area contributed by atoms with Crippen molar-refractivity contribution in [2.45, 2.75) is 84.2 Å². The van der Waals surface area contributed by atoms with Crippen molar-refractivity contribution in [1.29, 1.82) is 0 Å². The summed E-state index contributed by atoms with van der Waals surface area (Å²) in [5.74, 6) is -0.444. The third-order valence-electron chi connectivity index (χ3n) is 8.41. The van der Waals surface area contributed by atoms with Crippen molar-refractivity contribution in [1.82, 2.24) is 40.7 Å². The number of halogens is 1. The van der Waals surface area contributed by atoms with Gasteiger partial charge in [-0.2, -0.15) is 0 Å². The average molecular weight is 585 g/mol. The van der Waals surface area contributed by atoms with Crippen LogP contribution in [0.5, 0.6) is 0 Å². The van der Waals surface area contributed by atoms with Gasteiger partial charge in [0.15, 0.2) is 0 Å². The number of amides is 3. The highest BCUT2D eigenvalue weighted by Crippen LogP contribution is 2.38. The zero-order chi connectivity index (χ0) is 30.8. The second-order valence-electron chi connectivity index (χ2n) is 13.2. The molecule has 0 saturated carbocycles. The molecule has 5 atom stereocenters. The van der Waals surface area contributed by atoms with Crippen LogP contribution in [0.15, 0.2) is 30.5 Å². The summed E-state index contributed by atoms with van der Waals surface area (Å²) in [6, 6.07) is 5.06. The number of benzene rings is 1. The molecule has 4 rings (SSSR count). The third kappa shape index (κ3) is 6.81. The van der Waals surface area contributed by atoms with Crippen molar-refractivity contribution in [3.63, 3.8) is 0 Å². The normalized spacial score (nSPS) is 22.6. The predicted molar refractivity (Wildman–Crippen MR) is 158 cm³/mol. The van der Waals surface area contributed by atoms with Gasteiger partial charge in [0.25, 0.3) is 0 Å². The van der Waals surface area contributed by atoms with Crippen LogP contribution in [0.2, 0.25) is 0 Å². The molecule has 0 bridgehead atoms. The van der Waals surface area contributed by atoms with Gasteiger partial charge in [-0.15, -0.1) is 5.10 Å². The molecule has 0 aliphatic carbocycles. The Balaban J connectivity index is 1.60. The molecule has 2 aliphatic rings. The Labute approximate surface area is 247 Å². The van der Waals surface area contributed by atoms with E-state index in [1.807, 2.05) is 50.6 Å². The van der Waals surface area contributed by atoms with Crippen LogP contribution in [0.25, 0.3) is 11.3 Å². The van der Waals surface area contributed by atoms with Crippen molar-refractivity contribution in [2.75, 3.05) is 26.7 Å². The van der Waals surface area contributed by atoms with E-state index in [0.29, 0.717) is 38.3 Å². The molecular formula is C30H45FN8O3. The SMILES string of the molecule is CNC(C)(C=O)CNC(C(=O)N1CCC2C1C(Cn1cc(-c3ccc(F)cc3)nn1)CN2C(=O)NC(C)C)C(C)(C)C. The van der Waals surface area contributed by atoms with Crippen molar-refractivity contribution >= 4 is 18.2 Å². The Morgan fingerprint density at radius 2 is 1.83 bits per heavy atom. The Morgan fingerprint density at radius 1 is 1.14 bits per heavy atom. The lowest BCUT2D eigenvalue weighted by Crippen LogP contribution is -2.60. The molecule has 230 valence electrons. The zero-order valence-electron chi connectivity index (χ0n) is 25.7. The molecule has 42 heavy (non-hydrogen) atoms. The number of carbonyl (C=O) groups excluding carboxylic acids is 3. The zero-order valence-corrected chi connectivity index (χ0v) is 25.7. The first kappa shape index (κ1) is 31.6. The van der Waals surface area contributed by atoms with Crippen molar-refractivity contribution in [3.05, 3.63) is 36.3 Å². The molecule has 11 nitrogen and oxygen atoms in total. The van der Waals surface area contributed by atoms with Gasteiger partial charge < -0.3 is 30.5 Å². The monoisotopic (exact) mass is 584 g/mol. The first-order valence-corrected chi connectivity index (χ1v) is 14.7. The summed E-state index contributed by atoms with van der Waals surface area (Å²) < 4.78 is 15.2. The van der Waals surface area contributed by atoms with E-state index in [0.717, 1.165) is 11.8 Å². The summed E-state index contributed by atoms with van der Waals surface area (Å²) >= 11 is 0. The van der Waals surface area contributed by atoms with Gasteiger partial charge >= 0.3 is 6.03 Å². The number of nitrogens with one attached hydrogen (secondary N) is 3. The van der Waals surface area contributed by atoms with E-state index in [-0.39, 0.29) is 41.8 Å². The Kier molecular flexibility index (Phi) is 9.36. The lowest BCUT2D eigenvalue weighted by molar-refractivity contribution is -0.138. The maximum absolute atomic E-state index is 14.3. The molecule has 2 aromatic rings. The maximum atomic E-state index is 14.3. The molecule has 12 heteroatoms. The maximum Gasteiger partial charge on any atom is 0.317 e. The number of urea groups is 1. The first-order valence-electron chi connectivity index (χ1n) is 14.7. The topological polar surface area (TPSA) is 124 Å². The summed E-state index contributed by atoms with van der Waals surface area (Å²) in [5, 5.41) is 18.0. The summed E-state index contributed by atoms with van der Waals surface area (Å²) in [6.07, 6.45) is 3.35. The van der Waals surface area contributed by atoms with E-state index in [4.69, 9.17) is 0 Å². The molecule has 3 heterocycles. The minimum absolute atomic E-state index is 0.0171. The molecule has 1 aromatic carbocycles. The van der Waals surface area contributed by atoms with Crippen molar-refractivity contribution in [3.8, 4) is 11.3 Å². The predicted octanol–water partition coefficient (Wildman–Crippen LogP) is 2.28. The fourth-order valence-corrected chi connectivity index (χ4v) is 6.00. The lowest BCUT2D eigenvalue weighted by Gasteiger charge is -2.38. The number of nitrogens with zero attached hydrogens (tertiary/aromatic N) is 5. The van der Waals surface area contributed by atoms with E-state index in [2.05, 4.69) is 26.3 Å². The molecule has 1 aromatic heterocycles. The van der Waals surface area contributed by atoms with Crippen LogP contribution < -0.4 is 16.0 Å². The molecule has 2 saturated heterocycles. The summed E-state index contributed by atoms with van der Waals surface area (Å²) in [7, 11) is 1.72. The molecule has 2 fully saturated rings. The van der Waals surface area contributed by atoms with E-state index in [9.17, 15) is 18.8 Å². The van der Waals surface area contributed by atoms with Crippen LogP contribution in [0.4, 0.5) is 9.18 Å². The second kappa shape index (κ2) is 12.5. The molecule has 3 N–H and O–H groups in total. The smallest absolute Gasteiger partial charge is 0.317 e. The summed E-state index contributed by atoms with van der Waals surface area (Å²) in [6.45, 7) is 13.4. The Bertz CT molecular complexity index is 1260. The van der Waals surface area contributed by atoms with Crippen LogP contribution in [0, 0.1) is 17.2 Å². The third-order valence-corrected chi connectivity index (χ3v) is 8.41. The van der Waals surface area contributed by atoms with E-state index in [1.54, 1.807) is 30.8 Å². The average Bonchev–Trinajstić information content (AvgIpc) is 3.65. The van der Waals surface area contributed by atoms with E-state index < -0.39 is 17.0 Å². The van der Waals surface area contributed by atoms with Gasteiger partial charge in [-0.25, -0.2) is 9.18 Å². The number of carbonyl (C=O) groups is 3. The minimum Gasteiger partial charge on any atom is -0.336 e. The van der Waals surface area contributed by atoms with Gasteiger partial charge in [-0.05, 0) is 63.9 Å². The Morgan fingerprint density at radius 3 is 2.43 bits per heavy atom. The number of hydrogen-bond acceptors (Lipinski definition) is 7. The number of aldehydes is 1. The van der Waals surface area contributed by atoms with Gasteiger partial charge in [-0.1, -0.05) is 26.0 Å². The second-order valence-corrected chi connectivity index (χ2v) is 13.2. The lowest BCUT2D eigenvalue weighted by atomic mass is 9.84. The van der Waals surface area contributed by atoms with Crippen LogP contribution in [0.1, 0.15) is 48.0 Å². The van der Waals surface area contributed by atoms with Crippen LogP contribution >= 0.6 is 0 Å². The largest absolute Gasteiger partial charge is 0.336 e. The van der Waals surface area contributed by atoms with Gasteiger partial charge in [0.2, 0.25) is 5.91 Å².